The van der Waals surface area contributed by atoms with Crippen molar-refractivity contribution in [3.05, 3.63) is 6.92 Å². The fraction of sp³-hybridized carbons (Fsp3) is 0.800. The molecule has 0 heterocycles. The molecule has 0 aromatic carbocycles. The number of nitrogens with zero attached hydrogens (tertiary/aromatic N) is 1. The van der Waals surface area contributed by atoms with E-state index in [2.05, 4.69) is 0 Å². The molecule has 0 bridgehead atoms. The third-order valence-electron chi connectivity index (χ3n) is 1.97. The van der Waals surface area contributed by atoms with Gasteiger partial charge in [0.05, 0.1) is 0 Å². The molecule has 0 aromatic rings. The molecule has 0 fully saturated rings. The minimum absolute atomic E-state index is 0.0328. The van der Waals surface area contributed by atoms with Crippen molar-refractivity contribution in [1.29, 1.82) is 0 Å². The highest BCUT2D eigenvalue weighted by Crippen LogP contribution is 2.04. The van der Waals surface area contributed by atoms with E-state index in [9.17, 15) is 4.79 Å². The number of carbonyl (C=O) groups is 1. The summed E-state index contributed by atoms with van der Waals surface area (Å²) in [6, 6.07) is -0.158. The summed E-state index contributed by atoms with van der Waals surface area (Å²) in [5, 5.41) is 0. The molecule has 0 aliphatic heterocycles. The normalized spacial score (nSPS) is 12.6. The predicted octanol–water partition coefficient (Wildman–Crippen LogP) is 1.36. The number of amides is 1. The van der Waals surface area contributed by atoms with Gasteiger partial charge in [-0.05, 0) is 19.8 Å². The van der Waals surface area contributed by atoms with Crippen LogP contribution < -0.4 is 0 Å². The predicted molar refractivity (Wildman–Crippen MR) is 52.3 cm³/mol. The van der Waals surface area contributed by atoms with Gasteiger partial charge in [-0.25, -0.2) is 0 Å². The number of ether oxygens (including phenoxy) is 1. The van der Waals surface area contributed by atoms with Crippen LogP contribution in [0, 0.1) is 6.92 Å². The lowest BCUT2D eigenvalue weighted by molar-refractivity contribution is -0.130. The number of carbonyl (C=O) groups excluding carboxylic acids is 1. The first-order valence-corrected chi connectivity index (χ1v) is 4.65. The van der Waals surface area contributed by atoms with Crippen molar-refractivity contribution in [3.63, 3.8) is 0 Å². The van der Waals surface area contributed by atoms with Crippen molar-refractivity contribution < 1.29 is 9.53 Å². The second-order valence-corrected chi connectivity index (χ2v) is 3.03. The molecule has 0 N–H and O–H groups in total. The summed E-state index contributed by atoms with van der Waals surface area (Å²) in [7, 11) is 1.65. The van der Waals surface area contributed by atoms with E-state index in [4.69, 9.17) is 11.7 Å². The Morgan fingerprint density at radius 3 is 2.62 bits per heavy atom. The van der Waals surface area contributed by atoms with Gasteiger partial charge >= 0.3 is 0 Å². The van der Waals surface area contributed by atoms with E-state index < -0.39 is 0 Å². The summed E-state index contributed by atoms with van der Waals surface area (Å²) in [6.45, 7) is 10.6. The number of hydrogen-bond donors (Lipinski definition) is 0. The molecular weight excluding hydrogens is 166 g/mol. The Hall–Kier alpha value is -0.570. The van der Waals surface area contributed by atoms with E-state index in [-0.39, 0.29) is 11.9 Å². The van der Waals surface area contributed by atoms with Gasteiger partial charge in [-0.2, -0.15) is 0 Å². The minimum Gasteiger partial charge on any atom is -0.385 e. The Morgan fingerprint density at radius 1 is 1.62 bits per heavy atom. The van der Waals surface area contributed by atoms with Gasteiger partial charge in [0, 0.05) is 33.2 Å². The van der Waals surface area contributed by atoms with Crippen LogP contribution in [0.1, 0.15) is 26.7 Å². The van der Waals surface area contributed by atoms with Crippen molar-refractivity contribution in [1.82, 2.24) is 4.90 Å². The molecule has 1 amide bonds. The quantitative estimate of drug-likeness (QED) is 0.585. The smallest absolute Gasteiger partial charge is 0.219 e. The summed E-state index contributed by atoms with van der Waals surface area (Å²) in [5.74, 6) is 0.0328. The van der Waals surface area contributed by atoms with Crippen LogP contribution in [0.25, 0.3) is 0 Å². The lowest BCUT2D eigenvalue weighted by Gasteiger charge is -2.26. The second kappa shape index (κ2) is 6.89. The fourth-order valence-corrected chi connectivity index (χ4v) is 1.16. The molecule has 1 unspecified atom stereocenters. The Balaban J connectivity index is 3.88. The van der Waals surface area contributed by atoms with Gasteiger partial charge in [0.2, 0.25) is 5.91 Å². The van der Waals surface area contributed by atoms with Crippen LogP contribution in [-0.4, -0.2) is 37.1 Å². The molecule has 0 aliphatic rings. The summed E-state index contributed by atoms with van der Waals surface area (Å²) < 4.78 is 4.91. The SMILES string of the molecule is [CH]C(CC)N(CCCOC)C(C)=O. The van der Waals surface area contributed by atoms with E-state index in [0.717, 1.165) is 12.8 Å². The van der Waals surface area contributed by atoms with Gasteiger partial charge in [0.25, 0.3) is 0 Å². The molecule has 3 heteroatoms. The first kappa shape index (κ1) is 12.4. The maximum Gasteiger partial charge on any atom is 0.219 e. The van der Waals surface area contributed by atoms with Crippen LogP contribution >= 0.6 is 0 Å². The van der Waals surface area contributed by atoms with Crippen LogP contribution in [0.4, 0.5) is 0 Å². The molecular formula is C10H19NO2. The van der Waals surface area contributed by atoms with Crippen LogP contribution in [0.5, 0.6) is 0 Å². The number of hydrogen-bond acceptors (Lipinski definition) is 2. The summed E-state index contributed by atoms with van der Waals surface area (Å²) in [4.78, 5) is 12.8. The Labute approximate surface area is 81.1 Å². The highest BCUT2D eigenvalue weighted by atomic mass is 16.5. The molecule has 2 radical (unpaired) electrons. The van der Waals surface area contributed by atoms with Crippen LogP contribution in [-0.2, 0) is 9.53 Å². The van der Waals surface area contributed by atoms with Gasteiger partial charge in [0.15, 0.2) is 0 Å². The van der Waals surface area contributed by atoms with E-state index >= 15 is 0 Å². The second-order valence-electron chi connectivity index (χ2n) is 3.03. The highest BCUT2D eigenvalue weighted by molar-refractivity contribution is 5.73. The average molecular weight is 185 g/mol. The van der Waals surface area contributed by atoms with Gasteiger partial charge in [-0.15, -0.1) is 0 Å². The Morgan fingerprint density at radius 2 is 2.23 bits per heavy atom. The first-order valence-electron chi connectivity index (χ1n) is 4.65. The van der Waals surface area contributed by atoms with E-state index in [0.29, 0.717) is 13.2 Å². The molecule has 0 saturated heterocycles. The minimum atomic E-state index is -0.158. The maximum absolute atomic E-state index is 11.1. The first-order chi connectivity index (χ1) is 6.13. The van der Waals surface area contributed by atoms with E-state index in [1.54, 1.807) is 18.9 Å². The van der Waals surface area contributed by atoms with Gasteiger partial charge in [-0.3, -0.25) is 4.79 Å². The van der Waals surface area contributed by atoms with E-state index in [1.807, 2.05) is 6.92 Å². The average Bonchev–Trinajstić information content (AvgIpc) is 2.11. The van der Waals surface area contributed by atoms with Gasteiger partial charge in [-0.1, -0.05) is 6.92 Å². The zero-order valence-corrected chi connectivity index (χ0v) is 8.75. The summed E-state index contributed by atoms with van der Waals surface area (Å²) >= 11 is 0. The zero-order valence-electron chi connectivity index (χ0n) is 8.75. The van der Waals surface area contributed by atoms with Crippen molar-refractivity contribution in [2.45, 2.75) is 32.7 Å². The van der Waals surface area contributed by atoms with Crippen LogP contribution in [0.15, 0.2) is 0 Å². The number of rotatable bonds is 6. The highest BCUT2D eigenvalue weighted by Gasteiger charge is 2.13. The molecule has 0 saturated carbocycles. The maximum atomic E-state index is 11.1. The molecule has 0 aliphatic carbocycles. The zero-order chi connectivity index (χ0) is 10.3. The molecule has 3 nitrogen and oxygen atoms in total. The molecule has 0 spiro atoms. The molecule has 76 valence electrons. The molecule has 0 aromatic heterocycles. The van der Waals surface area contributed by atoms with Crippen molar-refractivity contribution in [2.24, 2.45) is 0 Å². The van der Waals surface area contributed by atoms with E-state index in [1.165, 1.54) is 0 Å². The Bertz CT molecular complexity index is 148. The summed E-state index contributed by atoms with van der Waals surface area (Å²) in [6.07, 6.45) is 1.62. The van der Waals surface area contributed by atoms with Crippen LogP contribution in [0.2, 0.25) is 0 Å². The third kappa shape index (κ3) is 4.88. The van der Waals surface area contributed by atoms with Crippen LogP contribution in [0.3, 0.4) is 0 Å². The van der Waals surface area contributed by atoms with Crippen molar-refractivity contribution in [3.8, 4) is 0 Å². The van der Waals surface area contributed by atoms with Crippen molar-refractivity contribution in [2.75, 3.05) is 20.3 Å². The molecule has 1 atom stereocenters. The molecule has 0 rings (SSSR count). The summed E-state index contributed by atoms with van der Waals surface area (Å²) in [5.41, 5.74) is 0. The fourth-order valence-electron chi connectivity index (χ4n) is 1.16. The topological polar surface area (TPSA) is 29.5 Å². The largest absolute Gasteiger partial charge is 0.385 e. The third-order valence-corrected chi connectivity index (χ3v) is 1.97. The number of methoxy groups -OCH3 is 1. The lowest BCUT2D eigenvalue weighted by Crippen LogP contribution is -2.37. The van der Waals surface area contributed by atoms with Gasteiger partial charge < -0.3 is 9.64 Å². The monoisotopic (exact) mass is 185 g/mol. The lowest BCUT2D eigenvalue weighted by atomic mass is 10.2. The Kier molecular flexibility index (Phi) is 6.59. The van der Waals surface area contributed by atoms with Crippen molar-refractivity contribution >= 4 is 5.91 Å². The standard InChI is InChI=1S/C10H19NO2/c1-5-9(2)11(10(3)12)7-6-8-13-4/h2,9H,5-8H2,1,3-4H3. The van der Waals surface area contributed by atoms with Gasteiger partial charge in [0.1, 0.15) is 0 Å². The molecule has 13 heavy (non-hydrogen) atoms.